The standard InChI is InChI=1S/C10H20O/c1-8-4-5-10(3,7-11)9(2)6-8/h8-9,11H,4-7H2,1-3H3/t8-,9-,10-/m1/s1. The van der Waals surface area contributed by atoms with Crippen molar-refractivity contribution in [3.05, 3.63) is 0 Å². The maximum atomic E-state index is 9.21. The number of hydrogen-bond acceptors (Lipinski definition) is 1. The molecule has 0 unspecified atom stereocenters. The SMILES string of the molecule is C[C@@H]1CC[C@](C)(CO)[C@H](C)C1. The highest BCUT2D eigenvalue weighted by molar-refractivity contribution is 4.85. The van der Waals surface area contributed by atoms with Crippen LogP contribution in [0.4, 0.5) is 0 Å². The van der Waals surface area contributed by atoms with Crippen molar-refractivity contribution in [2.75, 3.05) is 6.61 Å². The van der Waals surface area contributed by atoms with Gasteiger partial charge in [0.1, 0.15) is 0 Å². The van der Waals surface area contributed by atoms with Crippen LogP contribution in [-0.2, 0) is 0 Å². The summed E-state index contributed by atoms with van der Waals surface area (Å²) in [5.41, 5.74) is 0.215. The molecule has 11 heavy (non-hydrogen) atoms. The number of aliphatic hydroxyl groups is 1. The van der Waals surface area contributed by atoms with Crippen LogP contribution in [0.5, 0.6) is 0 Å². The fourth-order valence-corrected chi connectivity index (χ4v) is 2.06. The van der Waals surface area contributed by atoms with Crippen LogP contribution >= 0.6 is 0 Å². The lowest BCUT2D eigenvalue weighted by Crippen LogP contribution is -2.34. The first-order chi connectivity index (χ1) is 5.08. The predicted molar refractivity (Wildman–Crippen MR) is 47.4 cm³/mol. The van der Waals surface area contributed by atoms with E-state index in [0.717, 1.165) is 5.92 Å². The number of aliphatic hydroxyl groups excluding tert-OH is 1. The molecule has 1 N–H and O–H groups in total. The highest BCUT2D eigenvalue weighted by Crippen LogP contribution is 2.42. The van der Waals surface area contributed by atoms with Gasteiger partial charge in [-0.05, 0) is 30.1 Å². The topological polar surface area (TPSA) is 20.2 Å². The Morgan fingerprint density at radius 1 is 1.45 bits per heavy atom. The Morgan fingerprint density at radius 3 is 2.55 bits per heavy atom. The maximum absolute atomic E-state index is 9.21. The van der Waals surface area contributed by atoms with Crippen molar-refractivity contribution in [1.82, 2.24) is 0 Å². The normalized spacial score (nSPS) is 45.8. The van der Waals surface area contributed by atoms with Gasteiger partial charge in [-0.25, -0.2) is 0 Å². The first-order valence-corrected chi connectivity index (χ1v) is 4.69. The van der Waals surface area contributed by atoms with Crippen molar-refractivity contribution >= 4 is 0 Å². The van der Waals surface area contributed by atoms with Crippen LogP contribution in [0.25, 0.3) is 0 Å². The van der Waals surface area contributed by atoms with Gasteiger partial charge in [0.25, 0.3) is 0 Å². The molecule has 1 fully saturated rings. The molecule has 1 nitrogen and oxygen atoms in total. The molecule has 1 aliphatic rings. The lowest BCUT2D eigenvalue weighted by molar-refractivity contribution is 0.0323. The molecule has 0 amide bonds. The van der Waals surface area contributed by atoms with Crippen molar-refractivity contribution in [2.24, 2.45) is 17.3 Å². The molecule has 66 valence electrons. The predicted octanol–water partition coefficient (Wildman–Crippen LogP) is 2.44. The average Bonchev–Trinajstić information content (AvgIpc) is 1.98. The quantitative estimate of drug-likeness (QED) is 0.618. The molecular weight excluding hydrogens is 136 g/mol. The fraction of sp³-hybridized carbons (Fsp3) is 1.00. The van der Waals surface area contributed by atoms with Gasteiger partial charge in [-0.2, -0.15) is 0 Å². The highest BCUT2D eigenvalue weighted by atomic mass is 16.3. The van der Waals surface area contributed by atoms with Gasteiger partial charge in [-0.3, -0.25) is 0 Å². The molecule has 0 bridgehead atoms. The third-order valence-electron chi connectivity index (χ3n) is 3.52. The van der Waals surface area contributed by atoms with Crippen molar-refractivity contribution < 1.29 is 5.11 Å². The zero-order valence-electron chi connectivity index (χ0n) is 7.93. The number of hydrogen-bond donors (Lipinski definition) is 1. The van der Waals surface area contributed by atoms with Crippen LogP contribution in [0.2, 0.25) is 0 Å². The summed E-state index contributed by atoms with van der Waals surface area (Å²) >= 11 is 0. The minimum absolute atomic E-state index is 0.215. The zero-order valence-corrected chi connectivity index (χ0v) is 7.93. The summed E-state index contributed by atoms with van der Waals surface area (Å²) < 4.78 is 0. The van der Waals surface area contributed by atoms with Gasteiger partial charge >= 0.3 is 0 Å². The molecule has 0 aromatic heterocycles. The molecule has 0 aliphatic heterocycles. The smallest absolute Gasteiger partial charge is 0.0487 e. The first kappa shape index (κ1) is 9.05. The summed E-state index contributed by atoms with van der Waals surface area (Å²) in [6.45, 7) is 7.16. The Kier molecular flexibility index (Phi) is 2.58. The molecule has 0 aromatic carbocycles. The molecule has 0 spiro atoms. The van der Waals surface area contributed by atoms with Gasteiger partial charge in [0, 0.05) is 6.61 Å². The van der Waals surface area contributed by atoms with Crippen molar-refractivity contribution in [3.8, 4) is 0 Å². The van der Waals surface area contributed by atoms with E-state index in [1.54, 1.807) is 0 Å². The van der Waals surface area contributed by atoms with Crippen LogP contribution in [0.3, 0.4) is 0 Å². The van der Waals surface area contributed by atoms with Crippen molar-refractivity contribution in [2.45, 2.75) is 40.0 Å². The van der Waals surface area contributed by atoms with Crippen molar-refractivity contribution in [1.29, 1.82) is 0 Å². The summed E-state index contributed by atoms with van der Waals surface area (Å²) in [4.78, 5) is 0. The van der Waals surface area contributed by atoms with E-state index in [0.29, 0.717) is 12.5 Å². The van der Waals surface area contributed by atoms with Gasteiger partial charge in [0.05, 0.1) is 0 Å². The third-order valence-corrected chi connectivity index (χ3v) is 3.52. The molecule has 0 radical (unpaired) electrons. The first-order valence-electron chi connectivity index (χ1n) is 4.69. The summed E-state index contributed by atoms with van der Waals surface area (Å²) in [5, 5.41) is 9.21. The lowest BCUT2D eigenvalue weighted by atomic mass is 9.66. The van der Waals surface area contributed by atoms with E-state index in [-0.39, 0.29) is 5.41 Å². The van der Waals surface area contributed by atoms with Gasteiger partial charge in [-0.1, -0.05) is 27.2 Å². The molecule has 1 rings (SSSR count). The Bertz CT molecular complexity index is 133. The Hall–Kier alpha value is -0.0400. The van der Waals surface area contributed by atoms with Crippen LogP contribution in [-0.4, -0.2) is 11.7 Å². The van der Waals surface area contributed by atoms with Crippen LogP contribution < -0.4 is 0 Å². The second kappa shape index (κ2) is 3.14. The van der Waals surface area contributed by atoms with Crippen LogP contribution in [0, 0.1) is 17.3 Å². The monoisotopic (exact) mass is 156 g/mol. The number of rotatable bonds is 1. The molecule has 1 saturated carbocycles. The molecular formula is C10H20O. The summed E-state index contributed by atoms with van der Waals surface area (Å²) in [5.74, 6) is 1.56. The fourth-order valence-electron chi connectivity index (χ4n) is 2.06. The van der Waals surface area contributed by atoms with Gasteiger partial charge < -0.3 is 5.11 Å². The minimum Gasteiger partial charge on any atom is -0.396 e. The second-order valence-electron chi connectivity index (χ2n) is 4.59. The van der Waals surface area contributed by atoms with Gasteiger partial charge in [0.2, 0.25) is 0 Å². The lowest BCUT2D eigenvalue weighted by Gasteiger charge is -2.40. The van der Waals surface area contributed by atoms with E-state index in [9.17, 15) is 5.11 Å². The Morgan fingerprint density at radius 2 is 2.09 bits per heavy atom. The minimum atomic E-state index is 0.215. The zero-order chi connectivity index (χ0) is 8.48. The molecule has 1 aliphatic carbocycles. The summed E-state index contributed by atoms with van der Waals surface area (Å²) in [7, 11) is 0. The maximum Gasteiger partial charge on any atom is 0.0487 e. The van der Waals surface area contributed by atoms with E-state index in [4.69, 9.17) is 0 Å². The third kappa shape index (κ3) is 1.76. The molecule has 1 heteroatoms. The summed E-state index contributed by atoms with van der Waals surface area (Å²) in [6, 6.07) is 0. The molecule has 0 heterocycles. The van der Waals surface area contributed by atoms with Gasteiger partial charge in [-0.15, -0.1) is 0 Å². The molecule has 3 atom stereocenters. The Balaban J connectivity index is 2.56. The van der Waals surface area contributed by atoms with Crippen LogP contribution in [0.15, 0.2) is 0 Å². The van der Waals surface area contributed by atoms with Crippen LogP contribution in [0.1, 0.15) is 40.0 Å². The second-order valence-corrected chi connectivity index (χ2v) is 4.59. The van der Waals surface area contributed by atoms with Crippen molar-refractivity contribution in [3.63, 3.8) is 0 Å². The van der Waals surface area contributed by atoms with E-state index in [2.05, 4.69) is 20.8 Å². The average molecular weight is 156 g/mol. The highest BCUT2D eigenvalue weighted by Gasteiger charge is 2.35. The van der Waals surface area contributed by atoms with E-state index in [1.165, 1.54) is 19.3 Å². The molecule has 0 saturated heterocycles. The van der Waals surface area contributed by atoms with E-state index >= 15 is 0 Å². The largest absolute Gasteiger partial charge is 0.396 e. The molecule has 0 aromatic rings. The van der Waals surface area contributed by atoms with E-state index < -0.39 is 0 Å². The Labute approximate surface area is 69.8 Å². The van der Waals surface area contributed by atoms with E-state index in [1.807, 2.05) is 0 Å². The van der Waals surface area contributed by atoms with Gasteiger partial charge in [0.15, 0.2) is 0 Å². The summed E-state index contributed by atoms with van der Waals surface area (Å²) in [6.07, 6.45) is 3.78.